The summed E-state index contributed by atoms with van der Waals surface area (Å²) in [5, 5.41) is -1.92. The molecule has 1 rings (SSSR count). The van der Waals surface area contributed by atoms with Crippen molar-refractivity contribution in [1.82, 2.24) is 0 Å². The molecule has 7 nitrogen and oxygen atoms in total. The Kier molecular flexibility index (Phi) is 6.40. The van der Waals surface area contributed by atoms with E-state index in [1.165, 1.54) is 0 Å². The van der Waals surface area contributed by atoms with Crippen LogP contribution < -0.4 is 4.74 Å². The van der Waals surface area contributed by atoms with Crippen LogP contribution in [0.5, 0.6) is 5.75 Å². The van der Waals surface area contributed by atoms with Crippen LogP contribution in [-0.4, -0.2) is 31.6 Å². The van der Waals surface area contributed by atoms with Gasteiger partial charge in [0.2, 0.25) is 0 Å². The van der Waals surface area contributed by atoms with Crippen LogP contribution in [0, 0.1) is 0 Å². The molecule has 0 aliphatic rings. The summed E-state index contributed by atoms with van der Waals surface area (Å²) in [5.41, 5.74) is 0. The summed E-state index contributed by atoms with van der Waals surface area (Å²) in [6.45, 7) is 0.319. The molecule has 0 radical (unpaired) electrons. The van der Waals surface area contributed by atoms with Gasteiger partial charge in [0.05, 0.1) is 6.61 Å². The maximum atomic E-state index is 11.0. The van der Waals surface area contributed by atoms with Crippen molar-refractivity contribution in [1.29, 1.82) is 0 Å². The van der Waals surface area contributed by atoms with Gasteiger partial charge in [-0.2, -0.15) is 0 Å². The lowest BCUT2D eigenvalue weighted by Gasteiger charge is -2.19. The number of para-hydroxylation sites is 1. The van der Waals surface area contributed by atoms with Gasteiger partial charge in [0.25, 0.3) is 0 Å². The Balaban J connectivity index is 2.35. The lowest BCUT2D eigenvalue weighted by molar-refractivity contribution is 0.300. The minimum absolute atomic E-state index is 0.243. The summed E-state index contributed by atoms with van der Waals surface area (Å²) >= 11 is 0. The number of benzene rings is 1. The zero-order valence-corrected chi connectivity index (χ0v) is 12.5. The van der Waals surface area contributed by atoms with E-state index in [0.717, 1.165) is 0 Å². The van der Waals surface area contributed by atoms with Crippen molar-refractivity contribution >= 4 is 15.2 Å². The Labute approximate surface area is 116 Å². The molecule has 0 fully saturated rings. The molecule has 0 aliphatic heterocycles. The smallest absolute Gasteiger partial charge is 0.340 e. The van der Waals surface area contributed by atoms with Gasteiger partial charge in [-0.1, -0.05) is 18.2 Å². The summed E-state index contributed by atoms with van der Waals surface area (Å²) < 4.78 is 27.4. The van der Waals surface area contributed by atoms with Gasteiger partial charge in [-0.3, -0.25) is 9.13 Å². The quantitative estimate of drug-likeness (QED) is 0.425. The summed E-state index contributed by atoms with van der Waals surface area (Å²) in [6.07, 6.45) is 0.464. The van der Waals surface area contributed by atoms with E-state index >= 15 is 0 Å². The van der Waals surface area contributed by atoms with Crippen LogP contribution in [0.3, 0.4) is 0 Å². The second-order valence-corrected chi connectivity index (χ2v) is 8.33. The van der Waals surface area contributed by atoms with E-state index in [1.807, 2.05) is 18.2 Å². The molecule has 1 aromatic rings. The highest BCUT2D eigenvalue weighted by atomic mass is 31.2. The van der Waals surface area contributed by atoms with Crippen molar-refractivity contribution in [2.24, 2.45) is 0 Å². The average Bonchev–Trinajstić information content (AvgIpc) is 2.31. The SMILES string of the molecule is O=P(O)(O)C(CCCCOc1ccccc1)P(=O)(O)O. The van der Waals surface area contributed by atoms with Gasteiger partial charge in [-0.05, 0) is 31.4 Å². The fourth-order valence-corrected chi connectivity index (χ4v) is 4.27. The third-order valence-electron chi connectivity index (χ3n) is 2.65. The summed E-state index contributed by atoms with van der Waals surface area (Å²) in [6, 6.07) is 9.01. The van der Waals surface area contributed by atoms with E-state index in [2.05, 4.69) is 0 Å². The Morgan fingerprint density at radius 1 is 0.950 bits per heavy atom. The fourth-order valence-electron chi connectivity index (χ4n) is 1.67. The zero-order chi connectivity index (χ0) is 15.2. The first-order valence-corrected chi connectivity index (χ1v) is 9.36. The number of hydrogen-bond acceptors (Lipinski definition) is 3. The monoisotopic (exact) mass is 324 g/mol. The molecule has 0 unspecified atom stereocenters. The predicted octanol–water partition coefficient (Wildman–Crippen LogP) is 1.92. The van der Waals surface area contributed by atoms with E-state index in [-0.39, 0.29) is 12.8 Å². The van der Waals surface area contributed by atoms with Crippen molar-refractivity contribution in [3.8, 4) is 5.75 Å². The van der Waals surface area contributed by atoms with Crippen LogP contribution in [0.15, 0.2) is 30.3 Å². The van der Waals surface area contributed by atoms with Gasteiger partial charge in [-0.25, -0.2) is 0 Å². The molecule has 0 aliphatic carbocycles. The molecule has 4 N–H and O–H groups in total. The van der Waals surface area contributed by atoms with Crippen LogP contribution in [0.2, 0.25) is 0 Å². The molecule has 20 heavy (non-hydrogen) atoms. The molecule has 9 heteroatoms. The van der Waals surface area contributed by atoms with Crippen molar-refractivity contribution in [3.63, 3.8) is 0 Å². The molecule has 0 spiro atoms. The lowest BCUT2D eigenvalue weighted by atomic mass is 10.2. The van der Waals surface area contributed by atoms with Gasteiger partial charge >= 0.3 is 15.2 Å². The van der Waals surface area contributed by atoms with Gasteiger partial charge in [0.1, 0.15) is 5.75 Å². The van der Waals surface area contributed by atoms with Crippen LogP contribution in [-0.2, 0) is 9.13 Å². The molecular weight excluding hydrogens is 306 g/mol. The second-order valence-electron chi connectivity index (χ2n) is 4.32. The van der Waals surface area contributed by atoms with Gasteiger partial charge in [0, 0.05) is 0 Å². The Morgan fingerprint density at radius 3 is 2.00 bits per heavy atom. The molecule has 0 amide bonds. The van der Waals surface area contributed by atoms with Gasteiger partial charge in [-0.15, -0.1) is 0 Å². The minimum Gasteiger partial charge on any atom is -0.494 e. The minimum atomic E-state index is -4.81. The highest BCUT2D eigenvalue weighted by Crippen LogP contribution is 2.61. The molecule has 0 bridgehead atoms. The lowest BCUT2D eigenvalue weighted by Crippen LogP contribution is -2.10. The number of hydrogen-bond donors (Lipinski definition) is 4. The van der Waals surface area contributed by atoms with E-state index in [0.29, 0.717) is 18.8 Å². The predicted molar refractivity (Wildman–Crippen MR) is 73.7 cm³/mol. The standard InChI is InChI=1S/C11H18O7P2/c12-19(13,14)11(20(15,16)17)8-4-5-9-18-10-6-2-1-3-7-10/h1-3,6-7,11H,4-5,8-9H2,(H2,12,13,14)(H2,15,16,17). The van der Waals surface area contributed by atoms with E-state index in [9.17, 15) is 9.13 Å². The molecule has 0 heterocycles. The first kappa shape index (κ1) is 17.4. The highest BCUT2D eigenvalue weighted by molar-refractivity contribution is 7.70. The normalized spacial score (nSPS) is 12.7. The Morgan fingerprint density at radius 2 is 1.50 bits per heavy atom. The summed E-state index contributed by atoms with van der Waals surface area (Å²) in [4.78, 5) is 35.7. The third kappa shape index (κ3) is 6.18. The molecular formula is C11H18O7P2. The third-order valence-corrected chi connectivity index (χ3v) is 6.52. The second kappa shape index (κ2) is 7.36. The summed E-state index contributed by atoms with van der Waals surface area (Å²) in [7, 11) is -9.62. The van der Waals surface area contributed by atoms with Crippen LogP contribution >= 0.6 is 15.2 Å². The maximum absolute atomic E-state index is 11.0. The first-order chi connectivity index (χ1) is 9.21. The van der Waals surface area contributed by atoms with Crippen molar-refractivity contribution < 1.29 is 33.4 Å². The molecule has 0 aromatic heterocycles. The van der Waals surface area contributed by atoms with E-state index < -0.39 is 20.6 Å². The number of unbranched alkanes of at least 4 members (excludes halogenated alkanes) is 1. The topological polar surface area (TPSA) is 124 Å². The number of rotatable bonds is 8. The Hall–Kier alpha value is -0.680. The highest BCUT2D eigenvalue weighted by Gasteiger charge is 2.42. The average molecular weight is 324 g/mol. The van der Waals surface area contributed by atoms with Gasteiger partial charge < -0.3 is 24.3 Å². The molecule has 0 saturated carbocycles. The van der Waals surface area contributed by atoms with Crippen molar-refractivity contribution in [2.75, 3.05) is 6.61 Å². The zero-order valence-electron chi connectivity index (χ0n) is 10.7. The molecule has 0 saturated heterocycles. The van der Waals surface area contributed by atoms with Crippen LogP contribution in [0.25, 0.3) is 0 Å². The largest absolute Gasteiger partial charge is 0.494 e. The van der Waals surface area contributed by atoms with Crippen LogP contribution in [0.1, 0.15) is 19.3 Å². The van der Waals surface area contributed by atoms with Gasteiger partial charge in [0.15, 0.2) is 5.40 Å². The maximum Gasteiger partial charge on any atom is 0.340 e. The summed E-state index contributed by atoms with van der Waals surface area (Å²) in [5.74, 6) is 0.675. The van der Waals surface area contributed by atoms with Crippen molar-refractivity contribution in [3.05, 3.63) is 30.3 Å². The fraction of sp³-hybridized carbons (Fsp3) is 0.455. The Bertz CT molecular complexity index is 471. The first-order valence-electron chi connectivity index (χ1n) is 5.99. The molecule has 1 aromatic carbocycles. The number of ether oxygens (including phenoxy) is 1. The van der Waals surface area contributed by atoms with E-state index in [4.69, 9.17) is 24.3 Å². The van der Waals surface area contributed by atoms with E-state index in [1.54, 1.807) is 12.1 Å². The molecule has 0 atom stereocenters. The van der Waals surface area contributed by atoms with Crippen LogP contribution in [0.4, 0.5) is 0 Å². The van der Waals surface area contributed by atoms with Crippen molar-refractivity contribution in [2.45, 2.75) is 24.7 Å². The molecule has 114 valence electrons.